The van der Waals surface area contributed by atoms with E-state index in [1.165, 1.54) is 9.42 Å². The molecule has 1 N–H and O–H groups in total. The van der Waals surface area contributed by atoms with E-state index in [2.05, 4.69) is 43.9 Å². The van der Waals surface area contributed by atoms with Gasteiger partial charge in [0.1, 0.15) is 16.5 Å². The Balaban J connectivity index is 2.11. The van der Waals surface area contributed by atoms with Gasteiger partial charge in [0, 0.05) is 18.1 Å². The summed E-state index contributed by atoms with van der Waals surface area (Å²) < 4.78 is 19.2. The zero-order valence-electron chi connectivity index (χ0n) is 24.4. The van der Waals surface area contributed by atoms with Crippen LogP contribution in [0.1, 0.15) is 54.0 Å². The summed E-state index contributed by atoms with van der Waals surface area (Å²) in [6, 6.07) is 8.78. The van der Waals surface area contributed by atoms with E-state index in [0.29, 0.717) is 35.1 Å². The highest BCUT2D eigenvalue weighted by Crippen LogP contribution is 2.38. The minimum Gasteiger partial charge on any atom is -0.494 e. The van der Waals surface area contributed by atoms with Crippen LogP contribution in [0.3, 0.4) is 0 Å². The van der Waals surface area contributed by atoms with Gasteiger partial charge in [0.25, 0.3) is 0 Å². The number of carbonyl (C=O) groups is 1. The van der Waals surface area contributed by atoms with E-state index in [1.807, 2.05) is 6.92 Å². The highest BCUT2D eigenvalue weighted by atomic mass is 35.5. The van der Waals surface area contributed by atoms with Gasteiger partial charge in [-0.15, -0.1) is 0 Å². The largest absolute Gasteiger partial charge is 0.494 e. The van der Waals surface area contributed by atoms with Gasteiger partial charge in [-0.25, -0.2) is 14.7 Å². The molecule has 214 valence electrons. The maximum absolute atomic E-state index is 13.7. The Morgan fingerprint density at radius 1 is 1.13 bits per heavy atom. The Labute approximate surface area is 237 Å². The first-order valence-electron chi connectivity index (χ1n) is 13.1. The highest BCUT2D eigenvalue weighted by molar-refractivity contribution is 6.74. The van der Waals surface area contributed by atoms with E-state index in [1.54, 1.807) is 57.3 Å². The fourth-order valence-electron chi connectivity index (χ4n) is 3.63. The van der Waals surface area contributed by atoms with Gasteiger partial charge < -0.3 is 19.0 Å². The maximum atomic E-state index is 13.7. The van der Waals surface area contributed by atoms with Crippen molar-refractivity contribution in [3.63, 3.8) is 0 Å². The Bertz CT molecular complexity index is 1280. The van der Waals surface area contributed by atoms with Crippen molar-refractivity contribution >= 4 is 43.2 Å². The van der Waals surface area contributed by atoms with Crippen molar-refractivity contribution in [2.24, 2.45) is 0 Å². The summed E-state index contributed by atoms with van der Waals surface area (Å²) in [5.74, 6) is 1.00. The van der Waals surface area contributed by atoms with Gasteiger partial charge in [-0.1, -0.05) is 32.4 Å². The normalized spacial score (nSPS) is 13.4. The van der Waals surface area contributed by atoms with Crippen LogP contribution in [-0.2, 0) is 15.6 Å². The first kappa shape index (κ1) is 30.9. The van der Waals surface area contributed by atoms with Crippen LogP contribution in [0.4, 0.5) is 16.3 Å². The average Bonchev–Trinajstić information content (AvgIpc) is 3.27. The molecule has 0 aliphatic rings. The fourth-order valence-corrected chi connectivity index (χ4v) is 4.92. The van der Waals surface area contributed by atoms with Crippen molar-refractivity contribution in [1.82, 2.24) is 14.6 Å². The lowest BCUT2D eigenvalue weighted by atomic mass is 10.1. The molecule has 0 aliphatic heterocycles. The molecule has 1 aromatic carbocycles. The third-order valence-electron chi connectivity index (χ3n) is 6.63. The van der Waals surface area contributed by atoms with E-state index < -0.39 is 26.1 Å². The van der Waals surface area contributed by atoms with E-state index in [-0.39, 0.29) is 23.2 Å². The molecule has 0 fully saturated rings. The van der Waals surface area contributed by atoms with Crippen LogP contribution in [0.15, 0.2) is 36.5 Å². The summed E-state index contributed by atoms with van der Waals surface area (Å²) in [6.45, 7) is 18.6. The second kappa shape index (κ2) is 11.8. The number of carbonyl (C=O) groups excluding carboxylic acids is 1. The van der Waals surface area contributed by atoms with Crippen molar-refractivity contribution in [2.45, 2.75) is 84.7 Å². The number of nitrogens with zero attached hydrogens (tertiary/aromatic N) is 4. The standard InChI is InChI=1S/C28H41ClN4O5Si/c1-10-36-21-13-11-19(12-14-21)32(26(35)38-27(2,3)4)25-22(24(29)31-23-15-16-30-33(23)25)17-20(34)18-37-39(8,9)28(5,6)7/h11-16,20,34H,10,17-18H2,1-9H3. The van der Waals surface area contributed by atoms with E-state index in [9.17, 15) is 9.90 Å². The molecule has 1 atom stereocenters. The second-order valence-corrected chi connectivity index (χ2v) is 17.1. The summed E-state index contributed by atoms with van der Waals surface area (Å²) in [7, 11) is -2.10. The van der Waals surface area contributed by atoms with Crippen molar-refractivity contribution in [1.29, 1.82) is 0 Å². The van der Waals surface area contributed by atoms with Crippen LogP contribution in [0, 0.1) is 0 Å². The van der Waals surface area contributed by atoms with E-state index in [4.69, 9.17) is 25.5 Å². The number of hydrogen-bond acceptors (Lipinski definition) is 7. The lowest BCUT2D eigenvalue weighted by Gasteiger charge is -2.36. The molecule has 3 rings (SSSR count). The molecule has 0 bridgehead atoms. The Kier molecular flexibility index (Phi) is 9.37. The van der Waals surface area contributed by atoms with Gasteiger partial charge in [-0.3, -0.25) is 0 Å². The van der Waals surface area contributed by atoms with E-state index >= 15 is 0 Å². The fraction of sp³-hybridized carbons (Fsp3) is 0.536. The van der Waals surface area contributed by atoms with Crippen LogP contribution in [0.2, 0.25) is 23.3 Å². The van der Waals surface area contributed by atoms with Crippen molar-refractivity contribution in [3.8, 4) is 5.75 Å². The number of aliphatic hydroxyl groups is 1. The summed E-state index contributed by atoms with van der Waals surface area (Å²) in [5.41, 5.74) is 0.640. The van der Waals surface area contributed by atoms with Crippen LogP contribution < -0.4 is 9.64 Å². The number of benzene rings is 1. The number of aliphatic hydroxyl groups excluding tert-OH is 1. The third kappa shape index (κ3) is 7.51. The van der Waals surface area contributed by atoms with Crippen LogP contribution in [-0.4, -0.2) is 59.0 Å². The predicted molar refractivity (Wildman–Crippen MR) is 157 cm³/mol. The molecular formula is C28H41ClN4O5Si. The number of hydrogen-bond donors (Lipinski definition) is 1. The monoisotopic (exact) mass is 576 g/mol. The molecule has 0 aliphatic carbocycles. The summed E-state index contributed by atoms with van der Waals surface area (Å²) >= 11 is 6.71. The molecule has 3 aromatic rings. The number of halogens is 1. The van der Waals surface area contributed by atoms with Crippen molar-refractivity contribution in [3.05, 3.63) is 47.2 Å². The molecule has 9 nitrogen and oxygen atoms in total. The maximum Gasteiger partial charge on any atom is 0.420 e. The van der Waals surface area contributed by atoms with Crippen LogP contribution in [0.25, 0.3) is 5.65 Å². The molecule has 1 amide bonds. The predicted octanol–water partition coefficient (Wildman–Crippen LogP) is 6.78. The molecule has 0 saturated carbocycles. The smallest absolute Gasteiger partial charge is 0.420 e. The third-order valence-corrected chi connectivity index (χ3v) is 11.4. The zero-order chi connectivity index (χ0) is 29.2. The van der Waals surface area contributed by atoms with Crippen LogP contribution >= 0.6 is 11.6 Å². The molecule has 2 heterocycles. The Hall–Kier alpha value is -2.66. The van der Waals surface area contributed by atoms with Gasteiger partial charge >= 0.3 is 6.09 Å². The molecule has 11 heteroatoms. The molecule has 0 radical (unpaired) electrons. The minimum absolute atomic E-state index is 0.00772. The summed E-state index contributed by atoms with van der Waals surface area (Å²) in [6.07, 6.45) is 0.140. The van der Waals surface area contributed by atoms with Gasteiger partial charge in [0.2, 0.25) is 0 Å². The Morgan fingerprint density at radius 3 is 2.33 bits per heavy atom. The van der Waals surface area contributed by atoms with Crippen LogP contribution in [0.5, 0.6) is 5.75 Å². The van der Waals surface area contributed by atoms with E-state index in [0.717, 1.165) is 0 Å². The average molecular weight is 577 g/mol. The quantitative estimate of drug-likeness (QED) is 0.221. The van der Waals surface area contributed by atoms with Gasteiger partial charge in [0.05, 0.1) is 31.2 Å². The molecule has 39 heavy (non-hydrogen) atoms. The lowest BCUT2D eigenvalue weighted by molar-refractivity contribution is 0.0596. The number of aromatic nitrogens is 3. The highest BCUT2D eigenvalue weighted by Gasteiger charge is 2.38. The van der Waals surface area contributed by atoms with Gasteiger partial charge in [-0.2, -0.15) is 9.61 Å². The number of anilines is 2. The SMILES string of the molecule is CCOc1ccc(N(C(=O)OC(C)(C)C)c2c(CC(O)CO[Si](C)(C)C(C)(C)C)c(Cl)nc3ccnn23)cc1. The minimum atomic E-state index is -2.10. The van der Waals surface area contributed by atoms with Gasteiger partial charge in [0.15, 0.2) is 19.8 Å². The molecule has 2 aromatic heterocycles. The number of fused-ring (bicyclic) bond motifs is 1. The number of rotatable bonds is 9. The van der Waals surface area contributed by atoms with Crippen molar-refractivity contribution in [2.75, 3.05) is 18.1 Å². The topological polar surface area (TPSA) is 98.4 Å². The Morgan fingerprint density at radius 2 is 1.77 bits per heavy atom. The lowest BCUT2D eigenvalue weighted by Crippen LogP contribution is -2.43. The van der Waals surface area contributed by atoms with Gasteiger partial charge in [-0.05, 0) is 70.1 Å². The first-order valence-corrected chi connectivity index (χ1v) is 16.4. The number of amides is 1. The summed E-state index contributed by atoms with van der Waals surface area (Å²) in [5, 5.41) is 15.7. The molecule has 0 saturated heterocycles. The molecule has 1 unspecified atom stereocenters. The zero-order valence-corrected chi connectivity index (χ0v) is 26.2. The second-order valence-electron chi connectivity index (χ2n) is 12.0. The molecule has 0 spiro atoms. The number of ether oxygens (including phenoxy) is 2. The first-order chi connectivity index (χ1) is 18.0. The molecular weight excluding hydrogens is 536 g/mol. The summed E-state index contributed by atoms with van der Waals surface area (Å²) in [4.78, 5) is 19.6. The van der Waals surface area contributed by atoms with Crippen molar-refractivity contribution < 1.29 is 23.8 Å².